The lowest BCUT2D eigenvalue weighted by Gasteiger charge is -2.27. The third-order valence-corrected chi connectivity index (χ3v) is 5.45. The van der Waals surface area contributed by atoms with Crippen LogP contribution >= 0.6 is 0 Å². The van der Waals surface area contributed by atoms with Gasteiger partial charge in [0.1, 0.15) is 13.2 Å². The second-order valence-electron chi connectivity index (χ2n) is 7.52. The molecule has 1 aromatic heterocycles. The molecule has 0 aliphatic carbocycles. The van der Waals surface area contributed by atoms with E-state index in [1.54, 1.807) is 0 Å². The van der Waals surface area contributed by atoms with E-state index in [2.05, 4.69) is 9.88 Å². The van der Waals surface area contributed by atoms with E-state index in [0.717, 1.165) is 39.9 Å². The molecule has 1 aromatic carbocycles. The highest BCUT2D eigenvalue weighted by Crippen LogP contribution is 2.31. The molecule has 28 heavy (non-hydrogen) atoms. The van der Waals surface area contributed by atoms with E-state index in [9.17, 15) is 9.59 Å². The first kappa shape index (κ1) is 18.6. The first-order valence-electron chi connectivity index (χ1n) is 9.70. The Bertz CT molecular complexity index is 905. The number of piperazine rings is 1. The number of amides is 1. The maximum absolute atomic E-state index is 12.8. The number of fused-ring (bicyclic) bond motifs is 1. The third-order valence-electron chi connectivity index (χ3n) is 5.45. The lowest BCUT2D eigenvalue weighted by Crippen LogP contribution is -3.16. The molecule has 1 unspecified atom stereocenters. The first-order chi connectivity index (χ1) is 13.5. The van der Waals surface area contributed by atoms with Gasteiger partial charge in [0.2, 0.25) is 5.78 Å². The van der Waals surface area contributed by atoms with E-state index in [1.807, 2.05) is 44.2 Å². The van der Waals surface area contributed by atoms with E-state index in [0.29, 0.717) is 32.8 Å². The summed E-state index contributed by atoms with van der Waals surface area (Å²) in [7, 11) is 0. The molecule has 7 nitrogen and oxygen atoms in total. The summed E-state index contributed by atoms with van der Waals surface area (Å²) in [5, 5.41) is 2.80. The molecule has 2 N–H and O–H groups in total. The van der Waals surface area contributed by atoms with Gasteiger partial charge in [-0.05, 0) is 32.0 Å². The summed E-state index contributed by atoms with van der Waals surface area (Å²) < 4.78 is 14.0. The van der Waals surface area contributed by atoms with Gasteiger partial charge in [-0.2, -0.15) is 0 Å². The van der Waals surface area contributed by atoms with Crippen LogP contribution < -0.4 is 19.7 Å². The molecule has 2 aromatic rings. The van der Waals surface area contributed by atoms with Crippen molar-refractivity contribution in [3.8, 4) is 11.5 Å². The molecule has 4 rings (SSSR count). The van der Waals surface area contributed by atoms with Crippen molar-refractivity contribution in [3.63, 3.8) is 0 Å². The Hall–Kier alpha value is -2.80. The van der Waals surface area contributed by atoms with E-state index in [-0.39, 0.29) is 17.8 Å². The Labute approximate surface area is 164 Å². The quantitative estimate of drug-likeness (QED) is 0.720. The van der Waals surface area contributed by atoms with Crippen molar-refractivity contribution in [2.75, 3.05) is 32.8 Å². The molecule has 2 atom stereocenters. The highest BCUT2D eigenvalue weighted by Gasteiger charge is 2.27. The van der Waals surface area contributed by atoms with E-state index < -0.39 is 0 Å². The minimum absolute atomic E-state index is 0.00857. The zero-order valence-electron chi connectivity index (χ0n) is 16.3. The van der Waals surface area contributed by atoms with Crippen LogP contribution in [0, 0.1) is 13.8 Å². The summed E-state index contributed by atoms with van der Waals surface area (Å²) in [6.07, 6.45) is -0.112. The highest BCUT2D eigenvalue weighted by molar-refractivity contribution is 5.98. The van der Waals surface area contributed by atoms with Crippen molar-refractivity contribution in [3.05, 3.63) is 47.3 Å². The summed E-state index contributed by atoms with van der Waals surface area (Å²) in [6.45, 7) is 7.18. The average molecular weight is 384 g/mol. The van der Waals surface area contributed by atoms with Gasteiger partial charge < -0.3 is 24.3 Å². The molecule has 7 heteroatoms. The summed E-state index contributed by atoms with van der Waals surface area (Å²) >= 11 is 0. The predicted molar refractivity (Wildman–Crippen MR) is 103 cm³/mol. The summed E-state index contributed by atoms with van der Waals surface area (Å²) in [4.78, 5) is 25.4. The number of carbonyl (C=O) groups is 2. The topological polar surface area (TPSA) is 74.0 Å². The maximum atomic E-state index is 12.8. The smallest absolute Gasteiger partial charge is 0.275 e. The number of benzene rings is 1. The second-order valence-corrected chi connectivity index (χ2v) is 7.52. The number of rotatable bonds is 5. The number of ketones is 1. The third kappa shape index (κ3) is 3.75. The minimum atomic E-state index is -0.112. The summed E-state index contributed by atoms with van der Waals surface area (Å²) in [5.41, 5.74) is 2.69. The Balaban J connectivity index is 1.45. The van der Waals surface area contributed by atoms with Gasteiger partial charge in [-0.1, -0.05) is 12.1 Å². The summed E-state index contributed by atoms with van der Waals surface area (Å²) in [6, 6.07) is 9.60. The Morgan fingerprint density at radius 1 is 1.29 bits per heavy atom. The highest BCUT2D eigenvalue weighted by atomic mass is 16.6. The van der Waals surface area contributed by atoms with Crippen LogP contribution in [0.3, 0.4) is 0 Å². The number of carbonyl (C=O) groups excluding carboxylic acids is 2. The molecule has 0 bridgehead atoms. The van der Waals surface area contributed by atoms with Gasteiger partial charge in [-0.15, -0.1) is 0 Å². The van der Waals surface area contributed by atoms with Crippen molar-refractivity contribution in [1.29, 1.82) is 0 Å². The van der Waals surface area contributed by atoms with Crippen LogP contribution in [0.15, 0.2) is 30.3 Å². The number of para-hydroxylation sites is 2. The van der Waals surface area contributed by atoms with E-state index in [4.69, 9.17) is 9.47 Å². The average Bonchev–Trinajstić information content (AvgIpc) is 2.96. The van der Waals surface area contributed by atoms with Crippen LogP contribution in [0.1, 0.15) is 21.7 Å². The lowest BCUT2D eigenvalue weighted by molar-refractivity contribution is -0.884. The van der Waals surface area contributed by atoms with Crippen LogP contribution in [-0.4, -0.2) is 55.1 Å². The van der Waals surface area contributed by atoms with Gasteiger partial charge in [0.25, 0.3) is 5.91 Å². The van der Waals surface area contributed by atoms with Crippen LogP contribution in [0.4, 0.5) is 0 Å². The SMILES string of the molecule is Cc1cc(C(=O)C[NH+]2CCNC(=O)C2)c(C)n1C[C@H]1COc2ccccc2O1. The fourth-order valence-corrected chi connectivity index (χ4v) is 3.95. The zero-order valence-corrected chi connectivity index (χ0v) is 16.3. The van der Waals surface area contributed by atoms with Gasteiger partial charge in [-0.3, -0.25) is 9.59 Å². The van der Waals surface area contributed by atoms with Gasteiger partial charge in [-0.25, -0.2) is 0 Å². The molecule has 1 fully saturated rings. The monoisotopic (exact) mass is 384 g/mol. The molecule has 0 radical (unpaired) electrons. The molecule has 1 saturated heterocycles. The van der Waals surface area contributed by atoms with Crippen LogP contribution in [0.25, 0.3) is 0 Å². The standard InChI is InChI=1S/C21H25N3O4/c1-14-9-17(18(25)11-23-8-7-22-21(26)12-23)15(2)24(14)10-16-13-27-19-5-3-4-6-20(19)28-16/h3-6,9,16H,7-8,10-13H2,1-2H3,(H,22,26)/p+1/t16-/m0/s1. The van der Waals surface area contributed by atoms with E-state index in [1.165, 1.54) is 0 Å². The Morgan fingerprint density at radius 2 is 2.07 bits per heavy atom. The van der Waals surface area contributed by atoms with E-state index >= 15 is 0 Å². The van der Waals surface area contributed by atoms with Crippen molar-refractivity contribution in [2.24, 2.45) is 0 Å². The maximum Gasteiger partial charge on any atom is 0.275 e. The number of nitrogens with one attached hydrogen (secondary N) is 2. The number of hydrogen-bond acceptors (Lipinski definition) is 4. The first-order valence-corrected chi connectivity index (χ1v) is 9.70. The van der Waals surface area contributed by atoms with Crippen molar-refractivity contribution in [2.45, 2.75) is 26.5 Å². The Kier molecular flexibility index (Phi) is 5.09. The minimum Gasteiger partial charge on any atom is -0.486 e. The van der Waals surface area contributed by atoms with Crippen LogP contribution in [0.2, 0.25) is 0 Å². The molecule has 2 aliphatic rings. The normalized spacial score (nSPS) is 21.3. The second kappa shape index (κ2) is 7.67. The van der Waals surface area contributed by atoms with Crippen molar-refractivity contribution < 1.29 is 24.0 Å². The summed E-state index contributed by atoms with van der Waals surface area (Å²) in [5.74, 6) is 1.61. The number of Topliss-reactive ketones (excluding diaryl/α,β-unsaturated/α-hetero) is 1. The van der Waals surface area contributed by atoms with Gasteiger partial charge in [0, 0.05) is 17.0 Å². The number of hydrogen-bond donors (Lipinski definition) is 2. The number of nitrogens with zero attached hydrogens (tertiary/aromatic N) is 1. The number of aryl methyl sites for hydroxylation is 1. The van der Waals surface area contributed by atoms with Gasteiger partial charge in [0.15, 0.2) is 24.1 Å². The molecule has 2 aliphatic heterocycles. The predicted octanol–water partition coefficient (Wildman–Crippen LogP) is 0.142. The zero-order chi connectivity index (χ0) is 19.7. The fraction of sp³-hybridized carbons (Fsp3) is 0.429. The molecule has 0 spiro atoms. The Morgan fingerprint density at radius 3 is 2.86 bits per heavy atom. The van der Waals surface area contributed by atoms with Crippen molar-refractivity contribution >= 4 is 11.7 Å². The van der Waals surface area contributed by atoms with Gasteiger partial charge in [0.05, 0.1) is 19.6 Å². The lowest BCUT2D eigenvalue weighted by atomic mass is 10.1. The van der Waals surface area contributed by atoms with Crippen molar-refractivity contribution in [1.82, 2.24) is 9.88 Å². The molecule has 0 saturated carbocycles. The number of ether oxygens (including phenoxy) is 2. The molecule has 148 valence electrons. The molecular formula is C21H26N3O4+. The number of aromatic nitrogens is 1. The van der Waals surface area contributed by atoms with Crippen LogP contribution in [-0.2, 0) is 11.3 Å². The number of quaternary nitrogens is 1. The largest absolute Gasteiger partial charge is 0.486 e. The molecule has 1 amide bonds. The molecule has 3 heterocycles. The van der Waals surface area contributed by atoms with Crippen LogP contribution in [0.5, 0.6) is 11.5 Å². The molecular weight excluding hydrogens is 358 g/mol. The fourth-order valence-electron chi connectivity index (χ4n) is 3.95. The van der Waals surface area contributed by atoms with Gasteiger partial charge >= 0.3 is 0 Å².